The largest absolute Gasteiger partial charge is 0.477 e. The van der Waals surface area contributed by atoms with E-state index in [1.54, 1.807) is 23.9 Å². The molecule has 2 heterocycles. The van der Waals surface area contributed by atoms with Gasteiger partial charge in [0.15, 0.2) is 0 Å². The highest BCUT2D eigenvalue weighted by Gasteiger charge is 2.11. The van der Waals surface area contributed by atoms with Crippen molar-refractivity contribution in [3.63, 3.8) is 0 Å². The molecular weight excluding hydrogens is 711 g/mol. The summed E-state index contributed by atoms with van der Waals surface area (Å²) in [6.45, 7) is 10.5. The van der Waals surface area contributed by atoms with Crippen molar-refractivity contribution in [3.05, 3.63) is 63.8 Å². The van der Waals surface area contributed by atoms with E-state index in [2.05, 4.69) is 20.3 Å². The number of thiocyanates is 1. The summed E-state index contributed by atoms with van der Waals surface area (Å²) in [4.78, 5) is 34.1. The number of nitriles is 1. The number of thioether (sulfide) groups is 3. The fourth-order valence-electron chi connectivity index (χ4n) is 4.39. The lowest BCUT2D eigenvalue weighted by atomic mass is 10.3. The summed E-state index contributed by atoms with van der Waals surface area (Å²) in [6.07, 6.45) is 8.52. The van der Waals surface area contributed by atoms with E-state index in [9.17, 15) is 19.8 Å². The van der Waals surface area contributed by atoms with Crippen molar-refractivity contribution in [3.8, 4) is 5.40 Å². The van der Waals surface area contributed by atoms with Gasteiger partial charge in [0.2, 0.25) is 5.56 Å². The lowest BCUT2D eigenvalue weighted by Gasteiger charge is -2.22. The number of aromatic amines is 1. The number of carboxylic acids is 1. The summed E-state index contributed by atoms with van der Waals surface area (Å²) < 4.78 is 17.4. The minimum Gasteiger partial charge on any atom is -0.477 e. The third-order valence-electron chi connectivity index (χ3n) is 6.75. The van der Waals surface area contributed by atoms with Crippen LogP contribution in [0, 0.1) is 10.7 Å². The van der Waals surface area contributed by atoms with E-state index in [0.29, 0.717) is 84.6 Å². The first-order chi connectivity index (χ1) is 24.9. The van der Waals surface area contributed by atoms with Crippen LogP contribution in [-0.4, -0.2) is 138 Å². The number of rotatable bonds is 29. The first-order valence-corrected chi connectivity index (χ1v) is 21.4. The first-order valence-electron chi connectivity index (χ1n) is 17.6. The Kier molecular flexibility index (Phi) is 34.7. The Morgan fingerprint density at radius 1 is 0.824 bits per heavy atom. The summed E-state index contributed by atoms with van der Waals surface area (Å²) in [6, 6.07) is 10.0. The molecule has 12 nitrogen and oxygen atoms in total. The van der Waals surface area contributed by atoms with Gasteiger partial charge in [-0.1, -0.05) is 32.4 Å². The minimum absolute atomic E-state index is 0.0165. The Balaban J connectivity index is 0.00000473. The zero-order valence-electron chi connectivity index (χ0n) is 31.1. The average molecular weight is 772 g/mol. The van der Waals surface area contributed by atoms with E-state index in [0.717, 1.165) is 35.8 Å². The molecule has 0 unspecified atom stereocenters. The molecule has 15 heteroatoms. The van der Waals surface area contributed by atoms with E-state index >= 15 is 0 Å². The van der Waals surface area contributed by atoms with Crippen LogP contribution in [0.5, 0.6) is 0 Å². The Morgan fingerprint density at radius 2 is 1.41 bits per heavy atom. The molecule has 0 aromatic carbocycles. The quantitative estimate of drug-likeness (QED) is 0.0719. The van der Waals surface area contributed by atoms with Gasteiger partial charge >= 0.3 is 5.97 Å². The molecule has 0 fully saturated rings. The van der Waals surface area contributed by atoms with Gasteiger partial charge in [0, 0.05) is 63.4 Å². The van der Waals surface area contributed by atoms with Crippen LogP contribution in [-0.2, 0) is 27.3 Å². The third-order valence-corrected chi connectivity index (χ3v) is 8.53. The lowest BCUT2D eigenvalue weighted by molar-refractivity contribution is 0.0244. The number of hydrogen-bond donors (Lipinski definition) is 3. The van der Waals surface area contributed by atoms with E-state index in [4.69, 9.17) is 19.5 Å². The highest BCUT2D eigenvalue weighted by atomic mass is 32.2. The maximum atomic E-state index is 11.5. The van der Waals surface area contributed by atoms with E-state index in [-0.39, 0.29) is 17.9 Å². The predicted octanol–water partition coefficient (Wildman–Crippen LogP) is 5.33. The Bertz CT molecular complexity index is 1210. The van der Waals surface area contributed by atoms with Crippen LogP contribution in [0.2, 0.25) is 0 Å². The van der Waals surface area contributed by atoms with Gasteiger partial charge in [-0.2, -0.15) is 28.8 Å². The second-order valence-corrected chi connectivity index (χ2v) is 13.8. The van der Waals surface area contributed by atoms with Gasteiger partial charge in [0.25, 0.3) is 0 Å². The lowest BCUT2D eigenvalue weighted by Crippen LogP contribution is -2.32. The van der Waals surface area contributed by atoms with Crippen molar-refractivity contribution in [2.45, 2.75) is 52.6 Å². The van der Waals surface area contributed by atoms with Crippen LogP contribution in [0.3, 0.4) is 0 Å². The van der Waals surface area contributed by atoms with Crippen molar-refractivity contribution in [1.82, 2.24) is 19.8 Å². The zero-order chi connectivity index (χ0) is 37.8. The highest BCUT2D eigenvalue weighted by Crippen LogP contribution is 2.10. The normalized spacial score (nSPS) is 10.7. The Morgan fingerprint density at radius 3 is 2.02 bits per heavy atom. The van der Waals surface area contributed by atoms with Gasteiger partial charge in [-0.3, -0.25) is 14.6 Å². The molecule has 2 aromatic rings. The second kappa shape index (κ2) is 36.2. The molecule has 0 spiro atoms. The third kappa shape index (κ3) is 29.1. The molecule has 0 saturated carbocycles. The number of aromatic carboxylic acids is 1. The molecule has 51 heavy (non-hydrogen) atoms. The number of carboxylic acid groups (broad SMARTS) is 1. The van der Waals surface area contributed by atoms with Gasteiger partial charge in [0.1, 0.15) is 11.1 Å². The number of nitrogens with one attached hydrogen (secondary N) is 1. The molecule has 0 aliphatic rings. The Labute approximate surface area is 318 Å². The maximum absolute atomic E-state index is 11.5. The van der Waals surface area contributed by atoms with Crippen molar-refractivity contribution in [1.29, 1.82) is 5.26 Å². The number of hydrogen-bond acceptors (Lipinski definition) is 13. The number of carbonyl (C=O) groups is 1. The fraction of sp³-hybridized carbons (Fsp3) is 0.667. The SMILES string of the molecule is CC.CSC.N#CSCCCCCSCCCOCCN(CCOCCOCCN(CCO)Cc1cccc(=O)[nH]1)Cc1cccc(C(=O)O)n1. The second-order valence-electron chi connectivity index (χ2n) is 10.8. The molecular formula is C36H61N5O7S3. The van der Waals surface area contributed by atoms with Gasteiger partial charge in [-0.05, 0) is 73.2 Å². The first kappa shape index (κ1) is 48.9. The number of aliphatic hydroxyl groups excluding tert-OH is 1. The molecule has 0 bridgehead atoms. The maximum Gasteiger partial charge on any atom is 0.354 e. The Hall–Kier alpha value is -2.13. The molecule has 290 valence electrons. The molecule has 2 aromatic heterocycles. The number of pyridine rings is 2. The van der Waals surface area contributed by atoms with Crippen LogP contribution in [0.15, 0.2) is 41.2 Å². The molecule has 0 aliphatic carbocycles. The van der Waals surface area contributed by atoms with E-state index < -0.39 is 5.97 Å². The van der Waals surface area contributed by atoms with Crippen molar-refractivity contribution in [2.75, 3.05) is 102 Å². The standard InChI is InChI=1S/C32H49N5O7S2.C2H6S.C2H6/c33-27-46-23-3-1-2-22-45-24-6-16-42-17-13-37(25-28-7-4-9-30(34-28)32(40)41)14-19-44-21-20-43-18-12-36(11-15-38)26-29-8-5-10-31(39)35-29;1-3-2;1-2/h4-5,7-10,38H,1-3,6,11-26H2,(H,35,39)(H,40,41);1-2H3;1-2H3. The molecule has 2 rings (SSSR count). The van der Waals surface area contributed by atoms with Gasteiger partial charge in [-0.25, -0.2) is 9.78 Å². The van der Waals surface area contributed by atoms with Gasteiger partial charge in [0.05, 0.1) is 45.3 Å². The van der Waals surface area contributed by atoms with E-state index in [1.807, 2.05) is 55.2 Å². The monoisotopic (exact) mass is 771 g/mol. The molecule has 0 atom stereocenters. The fourth-order valence-corrected chi connectivity index (χ4v) is 5.77. The van der Waals surface area contributed by atoms with Crippen LogP contribution < -0.4 is 5.56 Å². The molecule has 0 saturated heterocycles. The number of H-pyrrole nitrogens is 1. The highest BCUT2D eigenvalue weighted by molar-refractivity contribution is 8.03. The van der Waals surface area contributed by atoms with Crippen molar-refractivity contribution >= 4 is 41.3 Å². The van der Waals surface area contributed by atoms with Gasteiger partial charge < -0.3 is 29.4 Å². The molecule has 0 aliphatic heterocycles. The smallest absolute Gasteiger partial charge is 0.354 e. The average Bonchev–Trinajstić information content (AvgIpc) is 3.12. The minimum atomic E-state index is -1.05. The molecule has 0 radical (unpaired) electrons. The molecule has 0 amide bonds. The number of ether oxygens (including phenoxy) is 3. The molecule has 3 N–H and O–H groups in total. The summed E-state index contributed by atoms with van der Waals surface area (Å²) in [5.41, 5.74) is 1.34. The number of aromatic nitrogens is 2. The summed E-state index contributed by atoms with van der Waals surface area (Å²) >= 11 is 5.02. The summed E-state index contributed by atoms with van der Waals surface area (Å²) in [7, 11) is 0. The summed E-state index contributed by atoms with van der Waals surface area (Å²) in [5, 5.41) is 29.3. The van der Waals surface area contributed by atoms with Gasteiger partial charge in [-0.15, -0.1) is 0 Å². The number of nitrogens with zero attached hydrogens (tertiary/aromatic N) is 4. The topological polar surface area (TPSA) is 161 Å². The number of aliphatic hydroxyl groups is 1. The van der Waals surface area contributed by atoms with Crippen LogP contribution in [0.1, 0.15) is 61.4 Å². The number of unbranched alkanes of at least 4 members (excludes halogenated alkanes) is 2. The van der Waals surface area contributed by atoms with Crippen LogP contribution in [0.25, 0.3) is 0 Å². The van der Waals surface area contributed by atoms with E-state index in [1.165, 1.54) is 36.7 Å². The van der Waals surface area contributed by atoms with Crippen molar-refractivity contribution < 1.29 is 29.2 Å². The zero-order valence-corrected chi connectivity index (χ0v) is 33.5. The van der Waals surface area contributed by atoms with Crippen LogP contribution in [0.4, 0.5) is 0 Å². The predicted molar refractivity (Wildman–Crippen MR) is 213 cm³/mol. The van der Waals surface area contributed by atoms with Crippen molar-refractivity contribution in [2.24, 2.45) is 0 Å². The summed E-state index contributed by atoms with van der Waals surface area (Å²) in [5.74, 6) is 2.07. The van der Waals surface area contributed by atoms with Crippen LogP contribution >= 0.6 is 35.3 Å².